The monoisotopic (exact) mass is 471 g/mol. The van der Waals surface area contributed by atoms with E-state index < -0.39 is 57.1 Å². The molecule has 0 saturated heterocycles. The van der Waals surface area contributed by atoms with Crippen molar-refractivity contribution in [1.29, 1.82) is 0 Å². The molecule has 3 atom stereocenters. The molecular weight excluding hydrogens is 449 g/mol. The smallest absolute Gasteiger partial charge is 0.747 e. The molecular formula is C12H22N3NaO9S3. The molecule has 0 saturated carbocycles. The van der Waals surface area contributed by atoms with Crippen LogP contribution >= 0.6 is 25.3 Å². The summed E-state index contributed by atoms with van der Waals surface area (Å²) in [6.07, 6.45) is -0.235. The molecule has 0 aliphatic carbocycles. The molecule has 0 aromatic carbocycles. The van der Waals surface area contributed by atoms with Gasteiger partial charge in [0.05, 0.1) is 4.58 Å². The minimum Gasteiger partial charge on any atom is -0.747 e. The Labute approximate surface area is 195 Å². The zero-order valence-electron chi connectivity index (χ0n) is 15.2. The maximum absolute atomic E-state index is 11.5. The van der Waals surface area contributed by atoms with Gasteiger partial charge in [-0.2, -0.15) is 25.3 Å². The number of aliphatic carboxylic acids is 2. The van der Waals surface area contributed by atoms with E-state index in [1.54, 1.807) is 0 Å². The summed E-state index contributed by atoms with van der Waals surface area (Å²) >= 11 is 7.25. The first kappa shape index (κ1) is 32.1. The van der Waals surface area contributed by atoms with Gasteiger partial charge in [0.25, 0.3) is 0 Å². The molecule has 0 aromatic rings. The van der Waals surface area contributed by atoms with E-state index in [2.05, 4.69) is 35.9 Å². The molecule has 0 heterocycles. The molecule has 0 spiro atoms. The topological polar surface area (TPSA) is 216 Å². The van der Waals surface area contributed by atoms with Crippen molar-refractivity contribution in [2.75, 3.05) is 12.3 Å². The fourth-order valence-electron chi connectivity index (χ4n) is 1.16. The Morgan fingerprint density at radius 1 is 1.21 bits per heavy atom. The van der Waals surface area contributed by atoms with Crippen LogP contribution in [0.15, 0.2) is 0 Å². The number of carboxylic acid groups (broad SMARTS) is 2. The second-order valence-electron chi connectivity index (χ2n) is 4.99. The minimum atomic E-state index is -4.13. The van der Waals surface area contributed by atoms with Gasteiger partial charge in [-0.25, -0.2) is 8.42 Å². The zero-order chi connectivity index (χ0) is 21.8. The quantitative estimate of drug-likeness (QED) is 0.0911. The average molecular weight is 472 g/mol. The second-order valence-corrected chi connectivity index (χ2v) is 8.17. The van der Waals surface area contributed by atoms with Crippen molar-refractivity contribution >= 4 is 59.1 Å². The van der Waals surface area contributed by atoms with E-state index in [1.165, 1.54) is 6.92 Å². The molecule has 12 nitrogen and oxygen atoms in total. The number of amides is 2. The first-order valence-corrected chi connectivity index (χ1v) is 9.85. The Kier molecular flexibility index (Phi) is 18.7. The van der Waals surface area contributed by atoms with E-state index >= 15 is 0 Å². The standard InChI is InChI=1S/C10H17N3O6S.C2H6O3S2.Na/c11-5(10(18)19)1-2-7(14)13-6(4-20)9(17)12-3-8(15)16;1-2(6)7(3,4)5;/h5-6,20H,1-4,11H2,(H,12,17)(H,13,14)(H,15,16)(H,18,19);2,6H,1H3,(H,3,4,5);/q;;+1/p-1/t5-,6-;;/m0../s1. The summed E-state index contributed by atoms with van der Waals surface area (Å²) in [5.41, 5.74) is 5.23. The average Bonchev–Trinajstić information content (AvgIpc) is 2.54. The molecule has 1 unspecified atom stereocenters. The number of thiol groups is 2. The van der Waals surface area contributed by atoms with Crippen LogP contribution in [-0.4, -0.2) is 75.9 Å². The van der Waals surface area contributed by atoms with Crippen molar-refractivity contribution in [3.63, 3.8) is 0 Å². The van der Waals surface area contributed by atoms with E-state index in [9.17, 15) is 32.1 Å². The van der Waals surface area contributed by atoms with Crippen LogP contribution in [0.2, 0.25) is 0 Å². The Hall–Kier alpha value is -0.550. The van der Waals surface area contributed by atoms with Crippen LogP contribution in [0.1, 0.15) is 19.8 Å². The van der Waals surface area contributed by atoms with Crippen LogP contribution in [-0.2, 0) is 29.3 Å². The van der Waals surface area contributed by atoms with Crippen LogP contribution < -0.4 is 45.9 Å². The molecule has 0 aliphatic heterocycles. The second kappa shape index (κ2) is 16.3. The first-order chi connectivity index (χ1) is 12.2. The summed E-state index contributed by atoms with van der Waals surface area (Å²) in [5.74, 6) is -3.70. The third-order valence-electron chi connectivity index (χ3n) is 2.67. The van der Waals surface area contributed by atoms with Crippen LogP contribution in [0, 0.1) is 0 Å². The molecule has 16 heteroatoms. The molecule has 0 radical (unpaired) electrons. The number of rotatable bonds is 10. The van der Waals surface area contributed by atoms with Crippen molar-refractivity contribution in [2.24, 2.45) is 5.73 Å². The minimum absolute atomic E-state index is 0. The molecule has 28 heavy (non-hydrogen) atoms. The number of hydrogen-bond acceptors (Lipinski definition) is 10. The van der Waals surface area contributed by atoms with Gasteiger partial charge in [-0.15, -0.1) is 0 Å². The number of carbonyl (C=O) groups is 4. The summed E-state index contributed by atoms with van der Waals surface area (Å²) in [5, 5.41) is 21.4. The molecule has 0 aliphatic rings. The third kappa shape index (κ3) is 17.5. The van der Waals surface area contributed by atoms with Gasteiger partial charge >= 0.3 is 41.5 Å². The van der Waals surface area contributed by atoms with Gasteiger partial charge in [0.15, 0.2) is 0 Å². The van der Waals surface area contributed by atoms with E-state index in [4.69, 9.17) is 15.9 Å². The van der Waals surface area contributed by atoms with Crippen molar-refractivity contribution in [3.05, 3.63) is 0 Å². The molecule has 6 N–H and O–H groups in total. The van der Waals surface area contributed by atoms with E-state index in [0.29, 0.717) is 0 Å². The Balaban J connectivity index is -0.000000665. The maximum Gasteiger partial charge on any atom is 1.00 e. The third-order valence-corrected chi connectivity index (χ3v) is 4.64. The molecule has 0 rings (SSSR count). The van der Waals surface area contributed by atoms with E-state index in [1.807, 2.05) is 0 Å². The zero-order valence-corrected chi connectivity index (χ0v) is 19.8. The van der Waals surface area contributed by atoms with Crippen LogP contribution in [0.5, 0.6) is 0 Å². The summed E-state index contributed by atoms with van der Waals surface area (Å²) in [4.78, 5) is 43.7. The normalized spacial score (nSPS) is 13.5. The van der Waals surface area contributed by atoms with Gasteiger partial charge < -0.3 is 31.1 Å². The van der Waals surface area contributed by atoms with Crippen molar-refractivity contribution in [1.82, 2.24) is 10.6 Å². The summed E-state index contributed by atoms with van der Waals surface area (Å²) in [7, 11) is -4.13. The van der Waals surface area contributed by atoms with Gasteiger partial charge in [-0.1, -0.05) is 0 Å². The molecule has 158 valence electrons. The van der Waals surface area contributed by atoms with Gasteiger partial charge in [-0.05, 0) is 13.3 Å². The van der Waals surface area contributed by atoms with E-state index in [0.717, 1.165) is 0 Å². The Morgan fingerprint density at radius 3 is 2.00 bits per heavy atom. The summed E-state index contributed by atoms with van der Waals surface area (Å²) < 4.78 is 28.0. The predicted molar refractivity (Wildman–Crippen MR) is 99.4 cm³/mol. The van der Waals surface area contributed by atoms with Crippen molar-refractivity contribution < 1.29 is 71.9 Å². The number of carbonyl (C=O) groups excluding carboxylic acids is 2. The predicted octanol–water partition coefficient (Wildman–Crippen LogP) is -5.39. The first-order valence-electron chi connectivity index (χ1n) is 7.23. The number of carboxylic acids is 2. The number of nitrogens with one attached hydrogen (secondary N) is 2. The van der Waals surface area contributed by atoms with Crippen LogP contribution in [0.3, 0.4) is 0 Å². The largest absolute Gasteiger partial charge is 1.00 e. The van der Waals surface area contributed by atoms with Crippen LogP contribution in [0.25, 0.3) is 0 Å². The number of hydrogen-bond donors (Lipinski definition) is 7. The maximum atomic E-state index is 11.5. The van der Waals surface area contributed by atoms with Crippen molar-refractivity contribution in [3.8, 4) is 0 Å². The summed E-state index contributed by atoms with van der Waals surface area (Å²) in [6.45, 7) is 0.647. The summed E-state index contributed by atoms with van der Waals surface area (Å²) in [6, 6.07) is -2.15. The molecule has 0 bridgehead atoms. The van der Waals surface area contributed by atoms with Gasteiger partial charge in [-0.3, -0.25) is 19.2 Å². The van der Waals surface area contributed by atoms with E-state index in [-0.39, 0.29) is 48.2 Å². The Bertz CT molecular complexity index is 631. The number of nitrogens with two attached hydrogens (primary N) is 1. The molecule has 0 aromatic heterocycles. The van der Waals surface area contributed by atoms with Gasteiger partial charge in [0.2, 0.25) is 11.8 Å². The van der Waals surface area contributed by atoms with Crippen molar-refractivity contribution in [2.45, 2.75) is 36.4 Å². The molecule has 2 amide bonds. The van der Waals surface area contributed by atoms with Crippen LogP contribution in [0.4, 0.5) is 0 Å². The Morgan fingerprint density at radius 2 is 1.68 bits per heavy atom. The van der Waals surface area contributed by atoms with Gasteiger partial charge in [0.1, 0.15) is 28.7 Å². The van der Waals surface area contributed by atoms with Gasteiger partial charge in [0, 0.05) is 12.2 Å². The fraction of sp³-hybridized carbons (Fsp3) is 0.667. The SMILES string of the molecule is CC(S)S(=O)(=O)[O-].N[C@@H](CCC(=O)N[C@@H](CS)C(=O)NCC(=O)O)C(=O)O.[Na+]. The fourth-order valence-corrected chi connectivity index (χ4v) is 1.41. The molecule has 0 fully saturated rings.